The number of phosphoric ester groups is 1. The van der Waals surface area contributed by atoms with E-state index in [2.05, 4.69) is 98.9 Å². The number of allylic oxidation sites excluding steroid dienone is 14. The topological polar surface area (TPSA) is 117 Å². The molecule has 66 heavy (non-hydrogen) atoms. The fraction of sp³-hybridized carbons (Fsp3) is 0.737. The second kappa shape index (κ2) is 53.6. The normalized spacial score (nSPS) is 13.9. The summed E-state index contributed by atoms with van der Waals surface area (Å²) in [6, 6.07) is 0. The number of hydrogen-bond acceptors (Lipinski definition) is 7. The first-order chi connectivity index (χ1) is 32.4. The molecule has 0 aromatic heterocycles. The molecule has 0 aliphatic carbocycles. The number of esters is 1. The lowest BCUT2D eigenvalue weighted by atomic mass is 10.1. The molecule has 2 unspecified atom stereocenters. The average Bonchev–Trinajstić information content (AvgIpc) is 3.31. The molecule has 0 bridgehead atoms. The molecule has 0 fully saturated rings. The summed E-state index contributed by atoms with van der Waals surface area (Å²) in [5.74, 6) is -0.346. The summed E-state index contributed by atoms with van der Waals surface area (Å²) < 4.78 is 33.6. The SMILES string of the molecule is CC/C=C\C/C=C\C/C=C\C/C=C\C/C=C\C/C=C\CCCCCCCCC(=O)OC(COCCCCCCCCCCCC/C=C\CCCCCCCCCC)COP(=O)(O)OCCN. The van der Waals surface area contributed by atoms with Crippen molar-refractivity contribution in [3.63, 3.8) is 0 Å². The van der Waals surface area contributed by atoms with Gasteiger partial charge in [-0.05, 0) is 89.9 Å². The third kappa shape index (κ3) is 52.6. The Morgan fingerprint density at radius 3 is 1.29 bits per heavy atom. The molecule has 9 heteroatoms. The van der Waals surface area contributed by atoms with Gasteiger partial charge in [-0.15, -0.1) is 0 Å². The molecule has 0 aromatic carbocycles. The number of rotatable bonds is 51. The molecule has 8 nitrogen and oxygen atoms in total. The molecule has 3 N–H and O–H groups in total. The molecule has 0 rings (SSSR count). The number of carbonyl (C=O) groups is 1. The summed E-state index contributed by atoms with van der Waals surface area (Å²) in [5.41, 5.74) is 5.39. The zero-order valence-electron chi connectivity index (χ0n) is 42.7. The second-order valence-electron chi connectivity index (χ2n) is 17.7. The second-order valence-corrected chi connectivity index (χ2v) is 19.2. The van der Waals surface area contributed by atoms with Gasteiger partial charge in [0.1, 0.15) is 6.10 Å². The van der Waals surface area contributed by atoms with E-state index in [4.69, 9.17) is 24.3 Å². The summed E-state index contributed by atoms with van der Waals surface area (Å²) in [6.07, 6.45) is 70.5. The van der Waals surface area contributed by atoms with Crippen LogP contribution < -0.4 is 5.73 Å². The fourth-order valence-electron chi connectivity index (χ4n) is 7.35. The van der Waals surface area contributed by atoms with E-state index < -0.39 is 13.9 Å². The van der Waals surface area contributed by atoms with E-state index in [9.17, 15) is 14.3 Å². The first kappa shape index (κ1) is 63.7. The Labute approximate surface area is 407 Å². The maximum atomic E-state index is 12.7. The Hall–Kier alpha value is -2.32. The van der Waals surface area contributed by atoms with Crippen molar-refractivity contribution in [1.29, 1.82) is 0 Å². The first-order valence-corrected chi connectivity index (χ1v) is 28.6. The van der Waals surface area contributed by atoms with Gasteiger partial charge in [0.25, 0.3) is 0 Å². The van der Waals surface area contributed by atoms with Crippen LogP contribution >= 0.6 is 7.82 Å². The molecule has 0 saturated heterocycles. The Morgan fingerprint density at radius 1 is 0.470 bits per heavy atom. The van der Waals surface area contributed by atoms with Gasteiger partial charge in [0.05, 0.1) is 19.8 Å². The number of nitrogens with two attached hydrogens (primary N) is 1. The monoisotopic (exact) mass is 944 g/mol. The van der Waals surface area contributed by atoms with Crippen LogP contribution in [0.15, 0.2) is 85.1 Å². The zero-order valence-corrected chi connectivity index (χ0v) is 43.6. The smallest absolute Gasteiger partial charge is 0.457 e. The summed E-state index contributed by atoms with van der Waals surface area (Å²) >= 11 is 0. The van der Waals surface area contributed by atoms with Crippen LogP contribution in [0.2, 0.25) is 0 Å². The molecule has 0 aliphatic rings. The van der Waals surface area contributed by atoms with Crippen LogP contribution in [0.25, 0.3) is 0 Å². The van der Waals surface area contributed by atoms with Gasteiger partial charge >= 0.3 is 13.8 Å². The van der Waals surface area contributed by atoms with Crippen molar-refractivity contribution in [2.24, 2.45) is 5.73 Å². The predicted octanol–water partition coefficient (Wildman–Crippen LogP) is 17.2. The quantitative estimate of drug-likeness (QED) is 0.0268. The van der Waals surface area contributed by atoms with E-state index in [0.717, 1.165) is 83.5 Å². The minimum atomic E-state index is -4.29. The third-order valence-corrected chi connectivity index (χ3v) is 12.3. The molecule has 382 valence electrons. The Kier molecular flexibility index (Phi) is 51.7. The molecule has 0 radical (unpaired) electrons. The van der Waals surface area contributed by atoms with Gasteiger partial charge in [-0.3, -0.25) is 13.8 Å². The van der Waals surface area contributed by atoms with Crippen LogP contribution in [-0.2, 0) is 27.9 Å². The van der Waals surface area contributed by atoms with Crippen molar-refractivity contribution < 1.29 is 32.8 Å². The lowest BCUT2D eigenvalue weighted by molar-refractivity contribution is -0.154. The minimum absolute atomic E-state index is 0.0937. The van der Waals surface area contributed by atoms with E-state index in [1.165, 1.54) is 128 Å². The van der Waals surface area contributed by atoms with E-state index in [1.807, 2.05) is 0 Å². The highest BCUT2D eigenvalue weighted by Gasteiger charge is 2.25. The molecule has 0 amide bonds. The summed E-state index contributed by atoms with van der Waals surface area (Å²) in [5, 5.41) is 0. The molecule has 2 atom stereocenters. The number of ether oxygens (including phenoxy) is 2. The summed E-state index contributed by atoms with van der Waals surface area (Å²) in [4.78, 5) is 22.6. The first-order valence-electron chi connectivity index (χ1n) is 27.1. The van der Waals surface area contributed by atoms with Crippen molar-refractivity contribution in [3.05, 3.63) is 85.1 Å². The maximum absolute atomic E-state index is 12.7. The van der Waals surface area contributed by atoms with Crippen LogP contribution in [0.5, 0.6) is 0 Å². The van der Waals surface area contributed by atoms with Crippen molar-refractivity contribution >= 4 is 13.8 Å². The number of carbonyl (C=O) groups excluding carboxylic acids is 1. The van der Waals surface area contributed by atoms with Crippen molar-refractivity contribution in [2.75, 3.05) is 33.0 Å². The number of hydrogen-bond donors (Lipinski definition) is 2. The highest BCUT2D eigenvalue weighted by atomic mass is 31.2. The van der Waals surface area contributed by atoms with Gasteiger partial charge in [0.2, 0.25) is 0 Å². The van der Waals surface area contributed by atoms with E-state index in [-0.39, 0.29) is 32.3 Å². The van der Waals surface area contributed by atoms with Crippen molar-refractivity contribution in [1.82, 2.24) is 0 Å². The zero-order chi connectivity index (χ0) is 48.0. The van der Waals surface area contributed by atoms with Crippen LogP contribution in [-0.4, -0.2) is 49.9 Å². The Balaban J connectivity index is 3.98. The van der Waals surface area contributed by atoms with Gasteiger partial charge in [-0.2, -0.15) is 0 Å². The van der Waals surface area contributed by atoms with Gasteiger partial charge in [-0.1, -0.05) is 221 Å². The molecule has 0 heterocycles. The molecular formula is C57H102NO7P. The Bertz CT molecular complexity index is 1290. The third-order valence-electron chi connectivity index (χ3n) is 11.3. The van der Waals surface area contributed by atoms with Crippen LogP contribution in [0, 0.1) is 0 Å². The van der Waals surface area contributed by atoms with Crippen LogP contribution in [0.4, 0.5) is 0 Å². The standard InChI is InChI=1S/C57H102NO7P/c1-3-5-7-9-11-13-15-17-19-21-23-25-27-28-29-30-32-34-36-38-40-42-44-46-48-50-57(59)65-56(55-64-66(60,61)63-53-51-58)54-62-52-49-47-45-43-41-39-37-35-33-31-26-24-22-20-18-16-14-12-10-8-6-4-2/h5,7,11,13,17,19,22-25,28-29,32,34,56H,3-4,6,8-10,12,14-16,18,20-21,26-27,30-31,33,35-55,58H2,1-2H3,(H,60,61)/b7-5-,13-11-,19-17-,24-22-,25-23-,29-28-,34-32-. The van der Waals surface area contributed by atoms with Gasteiger partial charge in [0, 0.05) is 19.6 Å². The van der Waals surface area contributed by atoms with Crippen molar-refractivity contribution in [2.45, 2.75) is 238 Å². The highest BCUT2D eigenvalue weighted by molar-refractivity contribution is 7.47. The van der Waals surface area contributed by atoms with Gasteiger partial charge in [-0.25, -0.2) is 4.57 Å². The molecule has 0 aromatic rings. The van der Waals surface area contributed by atoms with Gasteiger partial charge < -0.3 is 20.1 Å². The molecular weight excluding hydrogens is 842 g/mol. The van der Waals surface area contributed by atoms with Crippen molar-refractivity contribution in [3.8, 4) is 0 Å². The summed E-state index contributed by atoms with van der Waals surface area (Å²) in [7, 11) is -4.29. The number of unbranched alkanes of at least 4 members (excludes halogenated alkanes) is 24. The van der Waals surface area contributed by atoms with E-state index in [0.29, 0.717) is 13.0 Å². The molecule has 0 saturated carbocycles. The van der Waals surface area contributed by atoms with Crippen LogP contribution in [0.3, 0.4) is 0 Å². The molecule has 0 aliphatic heterocycles. The lowest BCUT2D eigenvalue weighted by Gasteiger charge is -2.20. The molecule has 0 spiro atoms. The maximum Gasteiger partial charge on any atom is 0.472 e. The van der Waals surface area contributed by atoms with Gasteiger partial charge in [0.15, 0.2) is 0 Å². The van der Waals surface area contributed by atoms with E-state index in [1.54, 1.807) is 0 Å². The van der Waals surface area contributed by atoms with E-state index >= 15 is 0 Å². The lowest BCUT2D eigenvalue weighted by Crippen LogP contribution is -2.28. The highest BCUT2D eigenvalue weighted by Crippen LogP contribution is 2.43. The fourth-order valence-corrected chi connectivity index (χ4v) is 8.11. The minimum Gasteiger partial charge on any atom is -0.457 e. The average molecular weight is 944 g/mol. The Morgan fingerprint density at radius 2 is 0.848 bits per heavy atom. The summed E-state index contributed by atoms with van der Waals surface area (Å²) in [6.45, 7) is 4.80. The predicted molar refractivity (Wildman–Crippen MR) is 284 cm³/mol. The van der Waals surface area contributed by atoms with Crippen LogP contribution in [0.1, 0.15) is 232 Å². The largest absolute Gasteiger partial charge is 0.472 e. The number of phosphoric acid groups is 1.